The highest BCUT2D eigenvalue weighted by molar-refractivity contribution is 9.10. The van der Waals surface area contributed by atoms with Crippen molar-refractivity contribution >= 4 is 27.6 Å². The molecule has 0 amide bonds. The van der Waals surface area contributed by atoms with Crippen LogP contribution in [0.2, 0.25) is 0 Å². The first-order valence-corrected chi connectivity index (χ1v) is 5.90. The molecule has 18 heavy (non-hydrogen) atoms. The maximum absolute atomic E-state index is 12.7. The molecule has 0 heterocycles. The van der Waals surface area contributed by atoms with E-state index in [1.54, 1.807) is 6.92 Å². The molecule has 0 radical (unpaired) electrons. The second kappa shape index (κ2) is 6.08. The first-order chi connectivity index (χ1) is 8.34. The van der Waals surface area contributed by atoms with Crippen LogP contribution in [0.1, 0.15) is 12.5 Å². The second-order valence-electron chi connectivity index (χ2n) is 3.35. The molecule has 1 aromatic rings. The van der Waals surface area contributed by atoms with E-state index in [4.69, 9.17) is 0 Å². The molecule has 1 N–H and O–H groups in total. The Balaban J connectivity index is 2.85. The van der Waals surface area contributed by atoms with Gasteiger partial charge in [0.1, 0.15) is 6.54 Å². The number of hydrogen-bond acceptors (Lipinski definition) is 3. The third-order valence-electron chi connectivity index (χ3n) is 2.02. The average molecular weight is 326 g/mol. The molecule has 0 saturated carbocycles. The topological polar surface area (TPSA) is 38.3 Å². The maximum Gasteiger partial charge on any atom is 0.418 e. The molecule has 0 aliphatic rings. The SMILES string of the molecule is CCOC(=O)CNc1ccc(Br)cc1C(F)(F)F. The van der Waals surface area contributed by atoms with E-state index in [0.717, 1.165) is 6.07 Å². The van der Waals surface area contributed by atoms with Crippen molar-refractivity contribution in [2.75, 3.05) is 18.5 Å². The van der Waals surface area contributed by atoms with Crippen LogP contribution in [0, 0.1) is 0 Å². The molecule has 3 nitrogen and oxygen atoms in total. The van der Waals surface area contributed by atoms with Gasteiger partial charge in [-0.3, -0.25) is 4.79 Å². The van der Waals surface area contributed by atoms with Crippen molar-refractivity contribution in [2.45, 2.75) is 13.1 Å². The molecule has 0 spiro atoms. The Morgan fingerprint density at radius 3 is 2.67 bits per heavy atom. The number of benzene rings is 1. The Morgan fingerprint density at radius 2 is 2.11 bits per heavy atom. The molecule has 0 bridgehead atoms. The second-order valence-corrected chi connectivity index (χ2v) is 4.26. The quantitative estimate of drug-likeness (QED) is 0.862. The van der Waals surface area contributed by atoms with Crippen molar-refractivity contribution in [1.29, 1.82) is 0 Å². The summed E-state index contributed by atoms with van der Waals surface area (Å²) in [4.78, 5) is 11.1. The number of rotatable bonds is 4. The van der Waals surface area contributed by atoms with E-state index in [1.807, 2.05) is 0 Å². The molecule has 0 saturated heterocycles. The van der Waals surface area contributed by atoms with Gasteiger partial charge >= 0.3 is 12.1 Å². The van der Waals surface area contributed by atoms with Gasteiger partial charge in [0.2, 0.25) is 0 Å². The summed E-state index contributed by atoms with van der Waals surface area (Å²) in [5, 5.41) is 2.42. The van der Waals surface area contributed by atoms with Gasteiger partial charge in [-0.1, -0.05) is 15.9 Å². The van der Waals surface area contributed by atoms with E-state index < -0.39 is 17.7 Å². The number of hydrogen-bond donors (Lipinski definition) is 1. The molecule has 0 aliphatic carbocycles. The molecule has 0 aliphatic heterocycles. The number of esters is 1. The monoisotopic (exact) mass is 325 g/mol. The van der Waals surface area contributed by atoms with Gasteiger partial charge in [0, 0.05) is 10.2 Å². The molecule has 7 heteroatoms. The van der Waals surface area contributed by atoms with E-state index in [0.29, 0.717) is 4.47 Å². The van der Waals surface area contributed by atoms with Gasteiger partial charge in [-0.05, 0) is 25.1 Å². The van der Waals surface area contributed by atoms with Gasteiger partial charge in [-0.25, -0.2) is 0 Å². The minimum atomic E-state index is -4.49. The van der Waals surface area contributed by atoms with Gasteiger partial charge in [-0.15, -0.1) is 0 Å². The Bertz CT molecular complexity index is 435. The van der Waals surface area contributed by atoms with Gasteiger partial charge in [0.25, 0.3) is 0 Å². The minimum Gasteiger partial charge on any atom is -0.465 e. The largest absolute Gasteiger partial charge is 0.465 e. The van der Waals surface area contributed by atoms with Gasteiger partial charge in [-0.2, -0.15) is 13.2 Å². The lowest BCUT2D eigenvalue weighted by atomic mass is 10.1. The predicted molar refractivity (Wildman–Crippen MR) is 64.3 cm³/mol. The Morgan fingerprint density at radius 1 is 1.44 bits per heavy atom. The molecule has 0 atom stereocenters. The molecule has 0 aromatic heterocycles. The van der Waals surface area contributed by atoms with Crippen molar-refractivity contribution in [3.05, 3.63) is 28.2 Å². The van der Waals surface area contributed by atoms with Crippen molar-refractivity contribution in [2.24, 2.45) is 0 Å². The van der Waals surface area contributed by atoms with Crippen LogP contribution in [-0.2, 0) is 15.7 Å². The summed E-state index contributed by atoms with van der Waals surface area (Å²) in [7, 11) is 0. The maximum atomic E-state index is 12.7. The summed E-state index contributed by atoms with van der Waals surface area (Å²) in [5.74, 6) is -0.603. The molecule has 0 unspecified atom stereocenters. The Hall–Kier alpha value is -1.24. The zero-order valence-electron chi connectivity index (χ0n) is 9.47. The normalized spacial score (nSPS) is 11.2. The van der Waals surface area contributed by atoms with E-state index in [1.165, 1.54) is 12.1 Å². The van der Waals surface area contributed by atoms with E-state index >= 15 is 0 Å². The third-order valence-corrected chi connectivity index (χ3v) is 2.51. The van der Waals surface area contributed by atoms with Crippen LogP contribution in [0.25, 0.3) is 0 Å². The molecule has 1 rings (SSSR count). The Kier molecular flexibility index (Phi) is 5.01. The van der Waals surface area contributed by atoms with Crippen molar-refractivity contribution in [3.63, 3.8) is 0 Å². The minimum absolute atomic E-state index is 0.154. The van der Waals surface area contributed by atoms with Crippen molar-refractivity contribution in [3.8, 4) is 0 Å². The van der Waals surface area contributed by atoms with Crippen LogP contribution in [-0.4, -0.2) is 19.1 Å². The standard InChI is InChI=1S/C11H11BrF3NO2/c1-2-18-10(17)6-16-9-4-3-7(12)5-8(9)11(13,14)15/h3-5,16H,2,6H2,1H3. The number of nitrogens with one attached hydrogen (secondary N) is 1. The summed E-state index contributed by atoms with van der Waals surface area (Å²) in [5.41, 5.74) is -0.986. The highest BCUT2D eigenvalue weighted by Gasteiger charge is 2.33. The number of alkyl halides is 3. The summed E-state index contributed by atoms with van der Waals surface area (Å²) in [6.07, 6.45) is -4.49. The van der Waals surface area contributed by atoms with Crippen LogP contribution in [0.15, 0.2) is 22.7 Å². The third kappa shape index (κ3) is 4.21. The average Bonchev–Trinajstić information content (AvgIpc) is 2.26. The Labute approximate surface area is 110 Å². The highest BCUT2D eigenvalue weighted by Crippen LogP contribution is 2.36. The van der Waals surface area contributed by atoms with Crippen molar-refractivity contribution < 1.29 is 22.7 Å². The highest BCUT2D eigenvalue weighted by atomic mass is 79.9. The lowest BCUT2D eigenvalue weighted by Crippen LogP contribution is -2.19. The summed E-state index contributed by atoms with van der Waals surface area (Å²) >= 11 is 2.97. The van der Waals surface area contributed by atoms with Crippen LogP contribution in [0.3, 0.4) is 0 Å². The zero-order chi connectivity index (χ0) is 13.8. The van der Waals surface area contributed by atoms with Gasteiger partial charge in [0.05, 0.1) is 12.2 Å². The van der Waals surface area contributed by atoms with E-state index in [-0.39, 0.29) is 18.8 Å². The molecular formula is C11H11BrF3NO2. The molecular weight excluding hydrogens is 315 g/mol. The van der Waals surface area contributed by atoms with E-state index in [2.05, 4.69) is 26.0 Å². The lowest BCUT2D eigenvalue weighted by molar-refractivity contribution is -0.141. The van der Waals surface area contributed by atoms with Crippen LogP contribution in [0.4, 0.5) is 18.9 Å². The number of anilines is 1. The van der Waals surface area contributed by atoms with Crippen LogP contribution < -0.4 is 5.32 Å². The first kappa shape index (κ1) is 14.8. The fourth-order valence-electron chi connectivity index (χ4n) is 1.28. The molecule has 0 fully saturated rings. The van der Waals surface area contributed by atoms with Crippen LogP contribution >= 0.6 is 15.9 Å². The molecule has 1 aromatic carbocycles. The number of carbonyl (C=O) groups excluding carboxylic acids is 1. The smallest absolute Gasteiger partial charge is 0.418 e. The van der Waals surface area contributed by atoms with E-state index in [9.17, 15) is 18.0 Å². The van der Waals surface area contributed by atoms with Crippen molar-refractivity contribution in [1.82, 2.24) is 0 Å². The van der Waals surface area contributed by atoms with Gasteiger partial charge < -0.3 is 10.1 Å². The number of halogens is 4. The predicted octanol–water partition coefficient (Wildman–Crippen LogP) is 3.44. The molecule has 100 valence electrons. The zero-order valence-corrected chi connectivity index (χ0v) is 11.1. The fraction of sp³-hybridized carbons (Fsp3) is 0.364. The van der Waals surface area contributed by atoms with Gasteiger partial charge in [0.15, 0.2) is 0 Å². The number of carbonyl (C=O) groups is 1. The summed E-state index contributed by atoms with van der Waals surface area (Å²) < 4.78 is 43.1. The first-order valence-electron chi connectivity index (χ1n) is 5.11. The lowest BCUT2D eigenvalue weighted by Gasteiger charge is -2.14. The fourth-order valence-corrected chi connectivity index (χ4v) is 1.65. The summed E-state index contributed by atoms with van der Waals surface area (Å²) in [6.45, 7) is 1.50. The van der Waals surface area contributed by atoms with Crippen LogP contribution in [0.5, 0.6) is 0 Å². The summed E-state index contributed by atoms with van der Waals surface area (Å²) in [6, 6.07) is 3.67. The number of ether oxygens (including phenoxy) is 1.